The number of hydrogen-bond donors (Lipinski definition) is 1. The largest absolute Gasteiger partial charge is 0.462 e. The van der Waals surface area contributed by atoms with Crippen molar-refractivity contribution < 1.29 is 19.1 Å². The zero-order valence-corrected chi connectivity index (χ0v) is 16.5. The van der Waals surface area contributed by atoms with Crippen molar-refractivity contribution in [3.63, 3.8) is 0 Å². The number of nitrogens with zero attached hydrogens (tertiary/aromatic N) is 2. The van der Waals surface area contributed by atoms with Gasteiger partial charge in [0.2, 0.25) is 0 Å². The van der Waals surface area contributed by atoms with Gasteiger partial charge in [-0.3, -0.25) is 0 Å². The van der Waals surface area contributed by atoms with E-state index in [1.807, 2.05) is 27.7 Å². The highest BCUT2D eigenvalue weighted by Gasteiger charge is 2.41. The number of anilines is 1. The van der Waals surface area contributed by atoms with Crippen molar-refractivity contribution in [1.82, 2.24) is 10.3 Å². The first kappa shape index (κ1) is 19.5. The van der Waals surface area contributed by atoms with Crippen LogP contribution >= 0.6 is 11.3 Å². The van der Waals surface area contributed by atoms with Crippen LogP contribution in [0.15, 0.2) is 0 Å². The van der Waals surface area contributed by atoms with E-state index < -0.39 is 11.7 Å². The fraction of sp³-hybridized carbons (Fsp3) is 0.706. The van der Waals surface area contributed by atoms with Crippen LogP contribution in [0.4, 0.5) is 9.93 Å². The predicted molar refractivity (Wildman–Crippen MR) is 97.4 cm³/mol. The van der Waals surface area contributed by atoms with E-state index >= 15 is 0 Å². The zero-order valence-electron chi connectivity index (χ0n) is 15.7. The number of ether oxygens (including phenoxy) is 2. The minimum atomic E-state index is -0.518. The number of aryl methyl sites for hydroxylation is 1. The van der Waals surface area contributed by atoms with Gasteiger partial charge < -0.3 is 19.7 Å². The highest BCUT2D eigenvalue weighted by Crippen LogP contribution is 2.34. The molecule has 0 radical (unpaired) electrons. The molecule has 1 aliphatic rings. The molecule has 0 aromatic carbocycles. The molecule has 140 valence electrons. The zero-order chi connectivity index (χ0) is 18.8. The Morgan fingerprint density at radius 2 is 2.04 bits per heavy atom. The third kappa shape index (κ3) is 4.62. The minimum Gasteiger partial charge on any atom is -0.462 e. The predicted octanol–water partition coefficient (Wildman–Crippen LogP) is 3.12. The first-order valence-electron chi connectivity index (χ1n) is 8.57. The van der Waals surface area contributed by atoms with Crippen molar-refractivity contribution in [2.45, 2.75) is 65.6 Å². The summed E-state index contributed by atoms with van der Waals surface area (Å²) in [6.45, 7) is 12.2. The molecule has 2 unspecified atom stereocenters. The van der Waals surface area contributed by atoms with E-state index in [9.17, 15) is 9.59 Å². The van der Waals surface area contributed by atoms with Crippen molar-refractivity contribution in [1.29, 1.82) is 0 Å². The van der Waals surface area contributed by atoms with Crippen LogP contribution in [-0.4, -0.2) is 47.9 Å². The van der Waals surface area contributed by atoms with Crippen LogP contribution in [-0.2, 0) is 9.47 Å². The monoisotopic (exact) mass is 369 g/mol. The van der Waals surface area contributed by atoms with Gasteiger partial charge in [-0.25, -0.2) is 14.6 Å². The van der Waals surface area contributed by atoms with Gasteiger partial charge in [0.15, 0.2) is 5.13 Å². The molecule has 2 atom stereocenters. The number of nitrogens with one attached hydrogen (secondary N) is 1. The molecule has 0 aliphatic carbocycles. The standard InChI is InChI=1S/C17H27N3O4S/c1-7-12-11(19-16(22)24-17(4,5)6)9-20(12)15-18-10(3)13(25-15)14(21)23-8-2/h11-12H,7-9H2,1-6H3,(H,19,22). The highest BCUT2D eigenvalue weighted by atomic mass is 32.1. The van der Waals surface area contributed by atoms with Crippen LogP contribution in [0.3, 0.4) is 0 Å². The second kappa shape index (κ2) is 7.59. The number of thiazole rings is 1. The maximum Gasteiger partial charge on any atom is 0.408 e. The Morgan fingerprint density at radius 1 is 1.36 bits per heavy atom. The number of amides is 1. The smallest absolute Gasteiger partial charge is 0.408 e. The first-order valence-corrected chi connectivity index (χ1v) is 9.38. The number of carbonyl (C=O) groups is 2. The lowest BCUT2D eigenvalue weighted by Crippen LogP contribution is -2.67. The molecular weight excluding hydrogens is 342 g/mol. The van der Waals surface area contributed by atoms with Gasteiger partial charge in [0.05, 0.1) is 24.4 Å². The summed E-state index contributed by atoms with van der Waals surface area (Å²) in [6, 6.07) is 0.142. The van der Waals surface area contributed by atoms with E-state index in [0.29, 0.717) is 23.7 Å². The molecule has 0 spiro atoms. The fourth-order valence-corrected chi connectivity index (χ4v) is 3.79. The lowest BCUT2D eigenvalue weighted by atomic mass is 9.95. The topological polar surface area (TPSA) is 80.8 Å². The molecule has 1 amide bonds. The van der Waals surface area contributed by atoms with Crippen molar-refractivity contribution >= 4 is 28.5 Å². The molecule has 1 fully saturated rings. The van der Waals surface area contributed by atoms with Crippen LogP contribution < -0.4 is 10.2 Å². The summed E-state index contributed by atoms with van der Waals surface area (Å²) < 4.78 is 10.4. The Hall–Kier alpha value is -1.83. The van der Waals surface area contributed by atoms with E-state index in [2.05, 4.69) is 22.1 Å². The second-order valence-corrected chi connectivity index (χ2v) is 7.99. The van der Waals surface area contributed by atoms with Crippen LogP contribution in [0.25, 0.3) is 0 Å². The summed E-state index contributed by atoms with van der Waals surface area (Å²) >= 11 is 1.34. The first-order chi connectivity index (χ1) is 11.7. The van der Waals surface area contributed by atoms with Crippen LogP contribution in [0, 0.1) is 6.92 Å². The maximum absolute atomic E-state index is 12.0. The number of esters is 1. The Labute approximate surface area is 152 Å². The molecule has 7 nitrogen and oxygen atoms in total. The Bertz CT molecular complexity index is 638. The molecule has 1 saturated heterocycles. The van der Waals surface area contributed by atoms with Crippen LogP contribution in [0.1, 0.15) is 56.4 Å². The van der Waals surface area contributed by atoms with E-state index in [0.717, 1.165) is 11.6 Å². The Morgan fingerprint density at radius 3 is 2.60 bits per heavy atom. The second-order valence-electron chi connectivity index (χ2n) is 7.01. The molecule has 1 aromatic heterocycles. The molecule has 25 heavy (non-hydrogen) atoms. The Balaban J connectivity index is 2.02. The number of aromatic nitrogens is 1. The normalized spacial score (nSPS) is 20.0. The molecule has 8 heteroatoms. The summed E-state index contributed by atoms with van der Waals surface area (Å²) in [5.74, 6) is -0.333. The van der Waals surface area contributed by atoms with Crippen molar-refractivity contribution in [2.24, 2.45) is 0 Å². The molecule has 2 heterocycles. The lowest BCUT2D eigenvalue weighted by molar-refractivity contribution is 0.0476. The molecule has 0 saturated carbocycles. The summed E-state index contributed by atoms with van der Waals surface area (Å²) in [5.41, 5.74) is 0.160. The average molecular weight is 369 g/mol. The fourth-order valence-electron chi connectivity index (χ4n) is 2.76. The van der Waals surface area contributed by atoms with Gasteiger partial charge in [-0.1, -0.05) is 18.3 Å². The van der Waals surface area contributed by atoms with Gasteiger partial charge in [0.1, 0.15) is 10.5 Å². The third-order valence-corrected chi connectivity index (χ3v) is 5.04. The van der Waals surface area contributed by atoms with E-state index in [4.69, 9.17) is 9.47 Å². The van der Waals surface area contributed by atoms with Crippen molar-refractivity contribution in [3.05, 3.63) is 10.6 Å². The maximum atomic E-state index is 12.0. The summed E-state index contributed by atoms with van der Waals surface area (Å²) in [5, 5.41) is 3.71. The van der Waals surface area contributed by atoms with Crippen LogP contribution in [0.2, 0.25) is 0 Å². The quantitative estimate of drug-likeness (QED) is 0.803. The number of rotatable bonds is 5. The molecule has 1 aromatic rings. The molecule has 1 aliphatic heterocycles. The minimum absolute atomic E-state index is 0.00935. The summed E-state index contributed by atoms with van der Waals surface area (Å²) in [7, 11) is 0. The van der Waals surface area contributed by atoms with Gasteiger partial charge in [0, 0.05) is 6.54 Å². The molecular formula is C17H27N3O4S. The summed E-state index contributed by atoms with van der Waals surface area (Å²) in [4.78, 5) is 31.1. The average Bonchev–Trinajstić information content (AvgIpc) is 2.83. The SMILES string of the molecule is CCOC(=O)c1sc(N2CC(NC(=O)OC(C)(C)C)C2CC)nc1C. The Kier molecular flexibility index (Phi) is 5.92. The number of alkyl carbamates (subject to hydrolysis) is 1. The highest BCUT2D eigenvalue weighted by molar-refractivity contribution is 7.17. The number of carbonyl (C=O) groups excluding carboxylic acids is 2. The van der Waals surface area contributed by atoms with Gasteiger partial charge in [-0.15, -0.1) is 0 Å². The van der Waals surface area contributed by atoms with Gasteiger partial charge >= 0.3 is 12.1 Å². The summed E-state index contributed by atoms with van der Waals surface area (Å²) in [6.07, 6.45) is 0.450. The lowest BCUT2D eigenvalue weighted by Gasteiger charge is -2.47. The van der Waals surface area contributed by atoms with E-state index in [1.165, 1.54) is 11.3 Å². The molecule has 2 rings (SSSR count). The molecule has 1 N–H and O–H groups in total. The van der Waals surface area contributed by atoms with Gasteiger partial charge in [0.25, 0.3) is 0 Å². The molecule has 0 bridgehead atoms. The van der Waals surface area contributed by atoms with Gasteiger partial charge in [-0.05, 0) is 41.0 Å². The van der Waals surface area contributed by atoms with E-state index in [1.54, 1.807) is 6.92 Å². The van der Waals surface area contributed by atoms with E-state index in [-0.39, 0.29) is 18.1 Å². The van der Waals surface area contributed by atoms with Crippen molar-refractivity contribution in [3.8, 4) is 0 Å². The number of hydrogen-bond acceptors (Lipinski definition) is 7. The van der Waals surface area contributed by atoms with Crippen molar-refractivity contribution in [2.75, 3.05) is 18.1 Å². The van der Waals surface area contributed by atoms with Gasteiger partial charge in [-0.2, -0.15) is 0 Å². The van der Waals surface area contributed by atoms with Crippen LogP contribution in [0.5, 0.6) is 0 Å². The third-order valence-electron chi connectivity index (χ3n) is 3.87.